The molecule has 1 N–H and O–H groups in total. The van der Waals surface area contributed by atoms with Crippen LogP contribution >= 0.6 is 0 Å². The minimum Gasteiger partial charge on any atom is -0.481 e. The lowest BCUT2D eigenvalue weighted by atomic mass is 9.78. The van der Waals surface area contributed by atoms with Crippen LogP contribution in [-0.2, 0) is 14.3 Å². The number of ether oxygens (including phenoxy) is 1. The summed E-state index contributed by atoms with van der Waals surface area (Å²) in [6.07, 6.45) is 1.45. The molecule has 21 heavy (non-hydrogen) atoms. The zero-order chi connectivity index (χ0) is 15.6. The Labute approximate surface area is 122 Å². The molecule has 1 aromatic heterocycles. The van der Waals surface area contributed by atoms with E-state index in [9.17, 15) is 14.7 Å². The van der Waals surface area contributed by atoms with Gasteiger partial charge in [0.2, 0.25) is 0 Å². The maximum Gasteiger partial charge on any atom is 0.336 e. The molecule has 1 aliphatic heterocycles. The lowest BCUT2D eigenvalue weighted by Crippen LogP contribution is -2.35. The molecule has 2 unspecified atom stereocenters. The van der Waals surface area contributed by atoms with E-state index in [1.54, 1.807) is 32.9 Å². The number of esters is 1. The molecule has 0 saturated carbocycles. The first-order chi connectivity index (χ1) is 9.97. The van der Waals surface area contributed by atoms with Crippen molar-refractivity contribution in [3.63, 3.8) is 0 Å². The second-order valence-electron chi connectivity index (χ2n) is 4.78. The maximum absolute atomic E-state index is 12.2. The Balaban J connectivity index is 2.58. The number of rotatable bonds is 4. The van der Waals surface area contributed by atoms with Crippen LogP contribution in [-0.4, -0.2) is 29.4 Å². The van der Waals surface area contributed by atoms with E-state index in [4.69, 9.17) is 9.15 Å². The average molecular weight is 291 g/mol. The number of carbonyl (C=O) groups excluding carboxylic acids is 1. The van der Waals surface area contributed by atoms with Crippen molar-refractivity contribution in [2.24, 2.45) is 10.9 Å². The lowest BCUT2D eigenvalue weighted by Gasteiger charge is -2.28. The van der Waals surface area contributed by atoms with Crippen molar-refractivity contribution in [1.29, 1.82) is 0 Å². The van der Waals surface area contributed by atoms with Crippen LogP contribution in [0.25, 0.3) is 0 Å². The van der Waals surface area contributed by atoms with Crippen LogP contribution in [0, 0.1) is 5.92 Å². The van der Waals surface area contributed by atoms with E-state index in [-0.39, 0.29) is 12.2 Å². The average Bonchev–Trinajstić information content (AvgIpc) is 2.90. The highest BCUT2D eigenvalue weighted by Gasteiger charge is 2.43. The van der Waals surface area contributed by atoms with Gasteiger partial charge >= 0.3 is 11.9 Å². The summed E-state index contributed by atoms with van der Waals surface area (Å²) < 4.78 is 10.4. The molecule has 2 atom stereocenters. The summed E-state index contributed by atoms with van der Waals surface area (Å²) >= 11 is 0. The summed E-state index contributed by atoms with van der Waals surface area (Å²) in [7, 11) is 0. The summed E-state index contributed by atoms with van der Waals surface area (Å²) in [6, 6.07) is 3.32. The zero-order valence-electron chi connectivity index (χ0n) is 12.1. The first-order valence-electron chi connectivity index (χ1n) is 6.66. The molecule has 0 amide bonds. The van der Waals surface area contributed by atoms with Gasteiger partial charge in [-0.05, 0) is 32.9 Å². The molecular formula is C15H17NO5. The van der Waals surface area contributed by atoms with Crippen molar-refractivity contribution < 1.29 is 23.8 Å². The molecule has 1 aliphatic rings. The number of aliphatic carboxylic acids is 1. The number of nitrogens with zero attached hydrogens (tertiary/aromatic N) is 1. The SMILES string of the molecule is CCOC(=O)C1=C(C)N=C(C)C(C(=O)O)C1c1ccco1. The van der Waals surface area contributed by atoms with Gasteiger partial charge in [0, 0.05) is 11.4 Å². The van der Waals surface area contributed by atoms with Crippen LogP contribution < -0.4 is 0 Å². The summed E-state index contributed by atoms with van der Waals surface area (Å²) in [5.74, 6) is -2.86. The molecule has 0 bridgehead atoms. The van der Waals surface area contributed by atoms with Gasteiger partial charge in [-0.2, -0.15) is 0 Å². The molecule has 2 rings (SSSR count). The molecule has 0 radical (unpaired) electrons. The minimum absolute atomic E-state index is 0.209. The molecule has 0 aromatic carbocycles. The molecule has 6 nitrogen and oxygen atoms in total. The van der Waals surface area contributed by atoms with Gasteiger partial charge in [-0.25, -0.2) is 4.79 Å². The molecular weight excluding hydrogens is 274 g/mol. The number of carboxylic acids is 1. The quantitative estimate of drug-likeness (QED) is 0.860. The molecule has 2 heterocycles. The van der Waals surface area contributed by atoms with Crippen LogP contribution in [0.1, 0.15) is 32.4 Å². The highest BCUT2D eigenvalue weighted by atomic mass is 16.5. The van der Waals surface area contributed by atoms with Crippen molar-refractivity contribution in [2.75, 3.05) is 6.61 Å². The van der Waals surface area contributed by atoms with Gasteiger partial charge in [-0.3, -0.25) is 9.79 Å². The Kier molecular flexibility index (Phi) is 4.26. The third-order valence-electron chi connectivity index (χ3n) is 3.44. The van der Waals surface area contributed by atoms with E-state index in [1.807, 2.05) is 0 Å². The normalized spacial score (nSPS) is 22.0. The third-order valence-corrected chi connectivity index (χ3v) is 3.44. The fraction of sp³-hybridized carbons (Fsp3) is 0.400. The predicted molar refractivity (Wildman–Crippen MR) is 75.0 cm³/mol. The standard InChI is InChI=1S/C15H17NO5/c1-4-20-15(19)12-9(3)16-8(2)11(14(17)18)13(12)10-6-5-7-21-10/h5-7,11,13H,4H2,1-3H3,(H,17,18). The van der Waals surface area contributed by atoms with Crippen molar-refractivity contribution >= 4 is 17.7 Å². The maximum atomic E-state index is 12.2. The number of carboxylic acid groups (broad SMARTS) is 1. The van der Waals surface area contributed by atoms with Crippen LogP contribution in [0.2, 0.25) is 0 Å². The number of hydrogen-bond donors (Lipinski definition) is 1. The van der Waals surface area contributed by atoms with Gasteiger partial charge < -0.3 is 14.3 Å². The van der Waals surface area contributed by atoms with E-state index >= 15 is 0 Å². The smallest absolute Gasteiger partial charge is 0.336 e. The lowest BCUT2D eigenvalue weighted by molar-refractivity contribution is -0.141. The summed E-state index contributed by atoms with van der Waals surface area (Å²) in [5, 5.41) is 9.50. The molecule has 6 heteroatoms. The van der Waals surface area contributed by atoms with Gasteiger partial charge in [0.25, 0.3) is 0 Å². The van der Waals surface area contributed by atoms with Crippen LogP contribution in [0.3, 0.4) is 0 Å². The van der Waals surface area contributed by atoms with Gasteiger partial charge in [0.15, 0.2) is 0 Å². The Hall–Kier alpha value is -2.37. The molecule has 0 fully saturated rings. The summed E-state index contributed by atoms with van der Waals surface area (Å²) in [6.45, 7) is 5.21. The monoisotopic (exact) mass is 291 g/mol. The fourth-order valence-electron chi connectivity index (χ4n) is 2.61. The van der Waals surface area contributed by atoms with Crippen molar-refractivity contribution in [2.45, 2.75) is 26.7 Å². The minimum atomic E-state index is -1.05. The van der Waals surface area contributed by atoms with E-state index in [0.717, 1.165) is 0 Å². The van der Waals surface area contributed by atoms with Crippen LogP contribution in [0.5, 0.6) is 0 Å². The first-order valence-corrected chi connectivity index (χ1v) is 6.66. The van der Waals surface area contributed by atoms with Crippen molar-refractivity contribution in [3.8, 4) is 0 Å². The number of furan rings is 1. The topological polar surface area (TPSA) is 89.1 Å². The van der Waals surface area contributed by atoms with E-state index in [0.29, 0.717) is 17.2 Å². The van der Waals surface area contributed by atoms with Crippen LogP contribution in [0.4, 0.5) is 0 Å². The molecule has 0 saturated heterocycles. The number of aliphatic imine (C=N–C) groups is 1. The Morgan fingerprint density at radius 2 is 2.14 bits per heavy atom. The van der Waals surface area contributed by atoms with E-state index < -0.39 is 23.8 Å². The first kappa shape index (κ1) is 15.0. The predicted octanol–water partition coefficient (Wildman–Crippen LogP) is 2.38. The zero-order valence-corrected chi connectivity index (χ0v) is 12.1. The van der Waals surface area contributed by atoms with Crippen molar-refractivity contribution in [3.05, 3.63) is 35.4 Å². The van der Waals surface area contributed by atoms with Gasteiger partial charge in [-0.1, -0.05) is 0 Å². The van der Waals surface area contributed by atoms with Crippen molar-refractivity contribution in [1.82, 2.24) is 0 Å². The second-order valence-corrected chi connectivity index (χ2v) is 4.78. The largest absolute Gasteiger partial charge is 0.481 e. The molecule has 1 aromatic rings. The Morgan fingerprint density at radius 3 is 2.67 bits per heavy atom. The summed E-state index contributed by atoms with van der Waals surface area (Å²) in [5.41, 5.74) is 1.14. The van der Waals surface area contributed by atoms with Gasteiger partial charge in [-0.15, -0.1) is 0 Å². The fourth-order valence-corrected chi connectivity index (χ4v) is 2.61. The van der Waals surface area contributed by atoms with E-state index in [1.165, 1.54) is 6.26 Å². The molecule has 0 aliphatic carbocycles. The Bertz CT molecular complexity index is 612. The Morgan fingerprint density at radius 1 is 1.43 bits per heavy atom. The highest BCUT2D eigenvalue weighted by molar-refractivity contribution is 6.06. The number of carbonyl (C=O) groups is 2. The van der Waals surface area contributed by atoms with Gasteiger partial charge in [0.05, 0.1) is 24.4 Å². The van der Waals surface area contributed by atoms with E-state index in [2.05, 4.69) is 4.99 Å². The summed E-state index contributed by atoms with van der Waals surface area (Å²) in [4.78, 5) is 28.0. The highest BCUT2D eigenvalue weighted by Crippen LogP contribution is 2.39. The third kappa shape index (κ3) is 2.74. The molecule has 0 spiro atoms. The molecule has 112 valence electrons. The second kappa shape index (κ2) is 5.95. The van der Waals surface area contributed by atoms with Crippen LogP contribution in [0.15, 0.2) is 39.1 Å². The number of allylic oxidation sites excluding steroid dienone is 1. The van der Waals surface area contributed by atoms with Gasteiger partial charge in [0.1, 0.15) is 11.7 Å². The number of hydrogen-bond acceptors (Lipinski definition) is 5.